The summed E-state index contributed by atoms with van der Waals surface area (Å²) < 4.78 is 2.31. The second-order valence-electron chi connectivity index (χ2n) is 8.61. The van der Waals surface area contributed by atoms with Crippen molar-refractivity contribution in [2.45, 2.75) is 38.8 Å². The Morgan fingerprint density at radius 2 is 1.52 bits per heavy atom. The van der Waals surface area contributed by atoms with Gasteiger partial charge in [0, 0.05) is 44.8 Å². The Morgan fingerprint density at radius 1 is 0.806 bits per heavy atom. The van der Waals surface area contributed by atoms with Crippen LogP contribution in [0.1, 0.15) is 41.0 Å². The molecule has 160 valence electrons. The van der Waals surface area contributed by atoms with Gasteiger partial charge in [-0.05, 0) is 24.8 Å². The molecular weight excluding hydrogens is 384 g/mol. The fraction of sp³-hybridized carbons (Fsp3) is 0.385. The standard InChI is InChI=1S/C26H30N4O/c31-26(29-18-16-28(17-19-29)20-21-10-4-1-5-11-21)24-23-14-8-3-9-15-30(23)25(27-24)22-12-6-2-7-13-22/h1-2,4-7,10-13H,3,8-9,14-20H2. The summed E-state index contributed by atoms with van der Waals surface area (Å²) in [5.74, 6) is 1.05. The van der Waals surface area contributed by atoms with E-state index >= 15 is 0 Å². The number of piperazine rings is 1. The van der Waals surface area contributed by atoms with Crippen LogP contribution >= 0.6 is 0 Å². The summed E-state index contributed by atoms with van der Waals surface area (Å²) in [6.07, 6.45) is 4.43. The molecule has 1 amide bonds. The number of fused-ring (bicyclic) bond motifs is 1. The van der Waals surface area contributed by atoms with E-state index in [9.17, 15) is 4.79 Å². The molecule has 5 rings (SSSR count). The zero-order valence-electron chi connectivity index (χ0n) is 18.0. The molecule has 0 unspecified atom stereocenters. The smallest absolute Gasteiger partial charge is 0.274 e. The van der Waals surface area contributed by atoms with E-state index in [1.165, 1.54) is 12.0 Å². The first-order chi connectivity index (χ1) is 15.3. The Balaban J connectivity index is 1.34. The molecule has 0 spiro atoms. The molecule has 3 aromatic rings. The van der Waals surface area contributed by atoms with Gasteiger partial charge in [0.1, 0.15) is 11.5 Å². The maximum Gasteiger partial charge on any atom is 0.274 e. The first-order valence-electron chi connectivity index (χ1n) is 11.5. The molecule has 0 N–H and O–H groups in total. The number of imidazole rings is 1. The number of rotatable bonds is 4. The third-order valence-electron chi connectivity index (χ3n) is 6.51. The highest BCUT2D eigenvalue weighted by atomic mass is 16.2. The maximum atomic E-state index is 13.5. The largest absolute Gasteiger partial charge is 0.335 e. The topological polar surface area (TPSA) is 41.4 Å². The molecule has 0 aliphatic carbocycles. The molecule has 0 bridgehead atoms. The molecule has 5 heteroatoms. The average molecular weight is 415 g/mol. The van der Waals surface area contributed by atoms with Crippen LogP contribution in [0.5, 0.6) is 0 Å². The lowest BCUT2D eigenvalue weighted by Gasteiger charge is -2.34. The Morgan fingerprint density at radius 3 is 2.26 bits per heavy atom. The highest BCUT2D eigenvalue weighted by molar-refractivity contribution is 5.94. The minimum atomic E-state index is 0.104. The molecule has 1 aromatic heterocycles. The molecule has 5 nitrogen and oxygen atoms in total. The fourth-order valence-electron chi connectivity index (χ4n) is 4.80. The van der Waals surface area contributed by atoms with Crippen molar-refractivity contribution < 1.29 is 4.79 Å². The molecule has 0 saturated carbocycles. The number of benzene rings is 2. The highest BCUT2D eigenvalue weighted by Crippen LogP contribution is 2.28. The summed E-state index contributed by atoms with van der Waals surface area (Å²) in [6, 6.07) is 20.9. The number of amides is 1. The van der Waals surface area contributed by atoms with Gasteiger partial charge in [-0.15, -0.1) is 0 Å². The van der Waals surface area contributed by atoms with Crippen molar-refractivity contribution in [3.8, 4) is 11.4 Å². The Labute approximate surface area is 184 Å². The van der Waals surface area contributed by atoms with Crippen LogP contribution in [0.25, 0.3) is 11.4 Å². The van der Waals surface area contributed by atoms with Crippen LogP contribution in [-0.2, 0) is 19.5 Å². The summed E-state index contributed by atoms with van der Waals surface area (Å²) in [7, 11) is 0. The minimum absolute atomic E-state index is 0.104. The van der Waals surface area contributed by atoms with E-state index in [1.54, 1.807) is 0 Å². The molecule has 0 radical (unpaired) electrons. The molecule has 0 atom stereocenters. The zero-order valence-corrected chi connectivity index (χ0v) is 18.0. The van der Waals surface area contributed by atoms with Crippen LogP contribution in [0.3, 0.4) is 0 Å². The Hall–Kier alpha value is -2.92. The Bertz CT molecular complexity index is 1020. The molecule has 2 aromatic carbocycles. The first-order valence-corrected chi connectivity index (χ1v) is 11.5. The van der Waals surface area contributed by atoms with Gasteiger partial charge in [0.25, 0.3) is 5.91 Å². The first kappa shape index (κ1) is 20.0. The lowest BCUT2D eigenvalue weighted by atomic mass is 10.1. The predicted molar refractivity (Wildman–Crippen MR) is 123 cm³/mol. The average Bonchev–Trinajstić information content (AvgIpc) is 3.01. The molecule has 1 fully saturated rings. The van der Waals surface area contributed by atoms with E-state index in [-0.39, 0.29) is 5.91 Å². The second-order valence-corrected chi connectivity index (χ2v) is 8.61. The molecule has 2 aliphatic rings. The monoisotopic (exact) mass is 414 g/mol. The van der Waals surface area contributed by atoms with Gasteiger partial charge in [0.05, 0.1) is 5.69 Å². The van der Waals surface area contributed by atoms with Crippen LogP contribution in [-0.4, -0.2) is 51.4 Å². The molecule has 2 aliphatic heterocycles. The van der Waals surface area contributed by atoms with Crippen molar-refractivity contribution in [2.75, 3.05) is 26.2 Å². The van der Waals surface area contributed by atoms with Crippen LogP contribution in [0.2, 0.25) is 0 Å². The molecule has 1 saturated heterocycles. The van der Waals surface area contributed by atoms with E-state index in [0.717, 1.165) is 75.6 Å². The summed E-state index contributed by atoms with van der Waals surface area (Å²) in [6.45, 7) is 5.23. The van der Waals surface area contributed by atoms with Crippen molar-refractivity contribution in [2.24, 2.45) is 0 Å². The predicted octanol–water partition coefficient (Wildman–Crippen LogP) is 4.23. The van der Waals surface area contributed by atoms with Gasteiger partial charge in [-0.3, -0.25) is 9.69 Å². The van der Waals surface area contributed by atoms with Crippen molar-refractivity contribution in [1.29, 1.82) is 0 Å². The summed E-state index contributed by atoms with van der Waals surface area (Å²) in [4.78, 5) is 22.9. The summed E-state index contributed by atoms with van der Waals surface area (Å²) in [5.41, 5.74) is 4.23. The van der Waals surface area contributed by atoms with E-state index in [1.807, 2.05) is 23.1 Å². The van der Waals surface area contributed by atoms with Crippen molar-refractivity contribution in [3.05, 3.63) is 77.6 Å². The van der Waals surface area contributed by atoms with E-state index in [4.69, 9.17) is 4.98 Å². The Kier molecular flexibility index (Phi) is 5.85. The van der Waals surface area contributed by atoms with Crippen LogP contribution in [0.15, 0.2) is 60.7 Å². The van der Waals surface area contributed by atoms with Crippen LogP contribution < -0.4 is 0 Å². The van der Waals surface area contributed by atoms with Gasteiger partial charge >= 0.3 is 0 Å². The number of nitrogens with zero attached hydrogens (tertiary/aromatic N) is 4. The van der Waals surface area contributed by atoms with Crippen molar-refractivity contribution in [3.63, 3.8) is 0 Å². The van der Waals surface area contributed by atoms with Gasteiger partial charge in [-0.25, -0.2) is 4.98 Å². The highest BCUT2D eigenvalue weighted by Gasteiger charge is 2.29. The SMILES string of the molecule is O=C(c1nc(-c2ccccc2)n2c1CCCCC2)N1CCN(Cc2ccccc2)CC1. The number of hydrogen-bond acceptors (Lipinski definition) is 3. The summed E-state index contributed by atoms with van der Waals surface area (Å²) in [5, 5.41) is 0. The molecule has 31 heavy (non-hydrogen) atoms. The normalized spacial score (nSPS) is 17.2. The quantitative estimate of drug-likeness (QED) is 0.641. The third kappa shape index (κ3) is 4.28. The number of carbonyl (C=O) groups excluding carboxylic acids is 1. The molecule has 3 heterocycles. The van der Waals surface area contributed by atoms with Gasteiger partial charge in [0.2, 0.25) is 0 Å². The lowest BCUT2D eigenvalue weighted by Crippen LogP contribution is -2.48. The van der Waals surface area contributed by atoms with Gasteiger partial charge in [-0.2, -0.15) is 0 Å². The van der Waals surface area contributed by atoms with Crippen molar-refractivity contribution in [1.82, 2.24) is 19.4 Å². The van der Waals surface area contributed by atoms with Gasteiger partial charge < -0.3 is 9.47 Å². The van der Waals surface area contributed by atoms with Crippen molar-refractivity contribution >= 4 is 5.91 Å². The second kappa shape index (κ2) is 9.06. The zero-order chi connectivity index (χ0) is 21.0. The lowest BCUT2D eigenvalue weighted by molar-refractivity contribution is 0.0622. The number of carbonyl (C=O) groups is 1. The van der Waals surface area contributed by atoms with Gasteiger partial charge in [0.15, 0.2) is 0 Å². The van der Waals surface area contributed by atoms with Gasteiger partial charge in [-0.1, -0.05) is 67.1 Å². The number of hydrogen-bond donors (Lipinski definition) is 0. The molecular formula is C26H30N4O. The van der Waals surface area contributed by atoms with Crippen LogP contribution in [0.4, 0.5) is 0 Å². The minimum Gasteiger partial charge on any atom is -0.335 e. The third-order valence-corrected chi connectivity index (χ3v) is 6.51. The fourth-order valence-corrected chi connectivity index (χ4v) is 4.80. The number of aromatic nitrogens is 2. The summed E-state index contributed by atoms with van der Waals surface area (Å²) >= 11 is 0. The van der Waals surface area contributed by atoms with E-state index in [2.05, 4.69) is 51.9 Å². The van der Waals surface area contributed by atoms with E-state index in [0.29, 0.717) is 5.69 Å². The maximum absolute atomic E-state index is 13.5. The van der Waals surface area contributed by atoms with E-state index < -0.39 is 0 Å². The van der Waals surface area contributed by atoms with Crippen LogP contribution in [0, 0.1) is 0 Å².